The predicted octanol–water partition coefficient (Wildman–Crippen LogP) is 2.47. The number of carbonyl (C=O) groups is 2. The summed E-state index contributed by atoms with van der Waals surface area (Å²) in [5, 5.41) is 32.4. The van der Waals surface area contributed by atoms with Crippen LogP contribution in [0.2, 0.25) is 0 Å². The van der Waals surface area contributed by atoms with E-state index in [1.165, 1.54) is 0 Å². The number of nitro benzene ring substituents is 1. The van der Waals surface area contributed by atoms with E-state index in [0.717, 1.165) is 18.2 Å². The second-order valence-electron chi connectivity index (χ2n) is 5.09. The van der Waals surface area contributed by atoms with Crippen LogP contribution in [0.1, 0.15) is 12.8 Å². The molecule has 0 saturated carbocycles. The van der Waals surface area contributed by atoms with Gasteiger partial charge in [0.1, 0.15) is 5.75 Å². The zero-order valence-electron chi connectivity index (χ0n) is 11.7. The van der Waals surface area contributed by atoms with Gasteiger partial charge in [-0.25, -0.2) is 0 Å². The molecule has 0 heterocycles. The molecule has 2 rings (SSSR count). The lowest BCUT2D eigenvalue weighted by Gasteiger charge is -2.25. The number of carboxylic acids is 1. The lowest BCUT2D eigenvalue weighted by atomic mass is 9.82. The number of non-ortho nitro benzene ring substituents is 1. The molecule has 0 aromatic heterocycles. The molecule has 0 fully saturated rings. The molecule has 1 aliphatic carbocycles. The van der Waals surface area contributed by atoms with Gasteiger partial charge in [-0.15, -0.1) is 0 Å². The summed E-state index contributed by atoms with van der Waals surface area (Å²) in [5.41, 5.74) is -0.464. The van der Waals surface area contributed by atoms with Crippen molar-refractivity contribution in [3.05, 3.63) is 39.4 Å². The molecule has 2 unspecified atom stereocenters. The number of hydrogen-bond donors (Lipinski definition) is 3. The summed E-state index contributed by atoms with van der Waals surface area (Å²) >= 11 is 5.88. The molecule has 1 aromatic carbocycles. The largest absolute Gasteiger partial charge is 0.506 e. The number of nitrogens with zero attached hydrogens (tertiary/aromatic N) is 1. The Morgan fingerprint density at radius 3 is 2.65 bits per heavy atom. The summed E-state index contributed by atoms with van der Waals surface area (Å²) in [6.07, 6.45) is 1.72. The van der Waals surface area contributed by atoms with Gasteiger partial charge in [0.15, 0.2) is 0 Å². The summed E-state index contributed by atoms with van der Waals surface area (Å²) in [6, 6.07) is 3.17. The van der Waals surface area contributed by atoms with Crippen LogP contribution in [0.5, 0.6) is 5.75 Å². The van der Waals surface area contributed by atoms with Gasteiger partial charge < -0.3 is 15.5 Å². The average Bonchev–Trinajstić information content (AvgIpc) is 2.48. The van der Waals surface area contributed by atoms with Gasteiger partial charge in [-0.1, -0.05) is 17.7 Å². The number of nitro groups is 1. The van der Waals surface area contributed by atoms with Gasteiger partial charge in [-0.3, -0.25) is 19.7 Å². The Balaban J connectivity index is 2.24. The SMILES string of the molecule is O=C(O)C1CC=C(Cl)CC1C(=O)Nc1cc([N+](=O)[O-])ccc1O. The van der Waals surface area contributed by atoms with Crippen LogP contribution in [-0.4, -0.2) is 27.0 Å². The second kappa shape index (κ2) is 6.66. The molecule has 0 saturated heterocycles. The van der Waals surface area contributed by atoms with Crippen LogP contribution in [0.15, 0.2) is 29.3 Å². The topological polar surface area (TPSA) is 130 Å². The van der Waals surface area contributed by atoms with E-state index in [0.29, 0.717) is 5.03 Å². The number of amides is 1. The number of allylic oxidation sites excluding steroid dienone is 2. The minimum atomic E-state index is -1.13. The quantitative estimate of drug-likeness (QED) is 0.438. The second-order valence-corrected chi connectivity index (χ2v) is 5.58. The number of benzene rings is 1. The van der Waals surface area contributed by atoms with Crippen molar-refractivity contribution in [1.82, 2.24) is 0 Å². The smallest absolute Gasteiger partial charge is 0.307 e. The Morgan fingerprint density at radius 2 is 2.04 bits per heavy atom. The van der Waals surface area contributed by atoms with Crippen molar-refractivity contribution in [2.75, 3.05) is 5.32 Å². The highest BCUT2D eigenvalue weighted by atomic mass is 35.5. The Morgan fingerprint density at radius 1 is 1.35 bits per heavy atom. The molecule has 0 spiro atoms. The first-order valence-corrected chi connectivity index (χ1v) is 7.03. The molecule has 1 aromatic rings. The summed E-state index contributed by atoms with van der Waals surface area (Å²) in [4.78, 5) is 33.6. The van der Waals surface area contributed by atoms with Crippen LogP contribution < -0.4 is 5.32 Å². The van der Waals surface area contributed by atoms with Crippen molar-refractivity contribution in [1.29, 1.82) is 0 Å². The third-order valence-electron chi connectivity index (χ3n) is 3.60. The summed E-state index contributed by atoms with van der Waals surface area (Å²) in [6.45, 7) is 0. The van der Waals surface area contributed by atoms with E-state index >= 15 is 0 Å². The lowest BCUT2D eigenvalue weighted by molar-refractivity contribution is -0.384. The van der Waals surface area contributed by atoms with Crippen molar-refractivity contribution in [2.24, 2.45) is 11.8 Å². The Kier molecular flexibility index (Phi) is 4.85. The van der Waals surface area contributed by atoms with Crippen molar-refractivity contribution in [2.45, 2.75) is 12.8 Å². The molecule has 0 aliphatic heterocycles. The number of phenols is 1. The fraction of sp³-hybridized carbons (Fsp3) is 0.286. The maximum absolute atomic E-state index is 12.3. The monoisotopic (exact) mass is 340 g/mol. The molecule has 0 bridgehead atoms. The van der Waals surface area contributed by atoms with E-state index in [1.54, 1.807) is 6.08 Å². The number of aromatic hydroxyl groups is 1. The first-order chi connectivity index (χ1) is 10.8. The maximum Gasteiger partial charge on any atom is 0.307 e. The van der Waals surface area contributed by atoms with Crippen LogP contribution in [0.25, 0.3) is 0 Å². The summed E-state index contributed by atoms with van der Waals surface area (Å²) in [5.74, 6) is -4.02. The van der Waals surface area contributed by atoms with Gasteiger partial charge in [0.2, 0.25) is 5.91 Å². The number of carbonyl (C=O) groups excluding carboxylic acids is 1. The first-order valence-electron chi connectivity index (χ1n) is 6.65. The Labute approximate surface area is 135 Å². The number of rotatable bonds is 4. The van der Waals surface area contributed by atoms with E-state index in [9.17, 15) is 29.9 Å². The highest BCUT2D eigenvalue weighted by Gasteiger charge is 2.36. The van der Waals surface area contributed by atoms with E-state index in [4.69, 9.17) is 11.6 Å². The Bertz CT molecular complexity index is 703. The van der Waals surface area contributed by atoms with Crippen molar-refractivity contribution in [3.8, 4) is 5.75 Å². The number of nitrogens with one attached hydrogen (secondary N) is 1. The summed E-state index contributed by atoms with van der Waals surface area (Å²) in [7, 11) is 0. The Hall–Kier alpha value is -2.61. The standard InChI is InChI=1S/C14H13ClN2O6/c15-7-1-3-9(14(20)21)10(5-7)13(19)16-11-6-8(17(22)23)2-4-12(11)18/h1-2,4,6,9-10,18H,3,5H2,(H,16,19)(H,20,21). The third kappa shape index (κ3) is 3.78. The zero-order chi connectivity index (χ0) is 17.1. The number of hydrogen-bond acceptors (Lipinski definition) is 5. The van der Waals surface area contributed by atoms with Gasteiger partial charge >= 0.3 is 5.97 Å². The molecule has 1 aliphatic rings. The average molecular weight is 341 g/mol. The fourth-order valence-electron chi connectivity index (χ4n) is 2.37. The van der Waals surface area contributed by atoms with Gasteiger partial charge in [0.05, 0.1) is 22.4 Å². The van der Waals surface area contributed by atoms with Crippen LogP contribution in [-0.2, 0) is 9.59 Å². The maximum atomic E-state index is 12.3. The molecule has 0 radical (unpaired) electrons. The molecule has 23 heavy (non-hydrogen) atoms. The van der Waals surface area contributed by atoms with Crippen LogP contribution in [0, 0.1) is 22.0 Å². The fourth-order valence-corrected chi connectivity index (χ4v) is 2.62. The first kappa shape index (κ1) is 16.8. The van der Waals surface area contributed by atoms with Crippen molar-refractivity contribution in [3.63, 3.8) is 0 Å². The molecule has 2 atom stereocenters. The highest BCUT2D eigenvalue weighted by molar-refractivity contribution is 6.29. The minimum Gasteiger partial charge on any atom is -0.506 e. The number of halogens is 1. The molecule has 1 amide bonds. The molecule has 3 N–H and O–H groups in total. The zero-order valence-corrected chi connectivity index (χ0v) is 12.5. The molecular weight excluding hydrogens is 328 g/mol. The van der Waals surface area contributed by atoms with Gasteiger partial charge in [-0.05, 0) is 18.9 Å². The van der Waals surface area contributed by atoms with E-state index in [1.807, 2.05) is 0 Å². The number of carboxylic acid groups (broad SMARTS) is 1. The number of phenolic OH excluding ortho intramolecular Hbond substituents is 1. The van der Waals surface area contributed by atoms with E-state index in [-0.39, 0.29) is 30.0 Å². The predicted molar refractivity (Wildman–Crippen MR) is 81.2 cm³/mol. The van der Waals surface area contributed by atoms with Gasteiger partial charge in [0, 0.05) is 17.2 Å². The third-order valence-corrected chi connectivity index (χ3v) is 3.91. The van der Waals surface area contributed by atoms with Crippen LogP contribution in [0.4, 0.5) is 11.4 Å². The number of aliphatic carboxylic acids is 1. The molecule has 8 nitrogen and oxygen atoms in total. The normalized spacial score (nSPS) is 20.5. The van der Waals surface area contributed by atoms with Crippen molar-refractivity contribution < 1.29 is 24.7 Å². The van der Waals surface area contributed by atoms with Crippen LogP contribution in [0.3, 0.4) is 0 Å². The molecule has 122 valence electrons. The lowest BCUT2D eigenvalue weighted by Crippen LogP contribution is -2.35. The van der Waals surface area contributed by atoms with Gasteiger partial charge in [0.25, 0.3) is 5.69 Å². The van der Waals surface area contributed by atoms with E-state index < -0.39 is 28.6 Å². The summed E-state index contributed by atoms with van der Waals surface area (Å²) < 4.78 is 0. The number of anilines is 1. The molecular formula is C14H13ClN2O6. The minimum absolute atomic E-state index is 0.0556. The van der Waals surface area contributed by atoms with Crippen LogP contribution >= 0.6 is 11.6 Å². The highest BCUT2D eigenvalue weighted by Crippen LogP contribution is 2.34. The molecule has 9 heteroatoms. The van der Waals surface area contributed by atoms with Crippen molar-refractivity contribution >= 4 is 34.9 Å². The van der Waals surface area contributed by atoms with E-state index in [2.05, 4.69) is 5.32 Å². The van der Waals surface area contributed by atoms with Gasteiger partial charge in [-0.2, -0.15) is 0 Å².